The number of benzene rings is 1. The second kappa shape index (κ2) is 6.70. The number of nitrogens with zero attached hydrogens (tertiary/aromatic N) is 2. The fourth-order valence-electron chi connectivity index (χ4n) is 2.32. The molecule has 23 heavy (non-hydrogen) atoms. The van der Waals surface area contributed by atoms with Gasteiger partial charge in [0.25, 0.3) is 11.8 Å². The Kier molecular flexibility index (Phi) is 4.47. The van der Waals surface area contributed by atoms with Crippen molar-refractivity contribution in [3.63, 3.8) is 0 Å². The lowest BCUT2D eigenvalue weighted by atomic mass is 10.2. The third-order valence-corrected chi connectivity index (χ3v) is 3.74. The lowest BCUT2D eigenvalue weighted by molar-refractivity contribution is -0.133. The Morgan fingerprint density at radius 3 is 3.09 bits per heavy atom. The summed E-state index contributed by atoms with van der Waals surface area (Å²) >= 11 is 5.99. The summed E-state index contributed by atoms with van der Waals surface area (Å²) in [5, 5.41) is 9.64. The van der Waals surface area contributed by atoms with Gasteiger partial charge < -0.3 is 15.0 Å². The minimum atomic E-state index is -0.260. The van der Waals surface area contributed by atoms with Crippen LogP contribution in [-0.2, 0) is 11.3 Å². The first-order chi connectivity index (χ1) is 11.1. The normalized spacial score (nSPS) is 14.0. The van der Waals surface area contributed by atoms with E-state index in [1.54, 1.807) is 29.2 Å². The minimum absolute atomic E-state index is 0.0247. The number of aromatic nitrogens is 2. The molecule has 0 unspecified atom stereocenters. The van der Waals surface area contributed by atoms with E-state index in [1.165, 1.54) is 6.20 Å². The molecule has 2 N–H and O–H groups in total. The molecule has 1 aromatic heterocycles. The molecular weight excluding hydrogens is 320 g/mol. The van der Waals surface area contributed by atoms with E-state index in [0.717, 1.165) is 5.56 Å². The van der Waals surface area contributed by atoms with Gasteiger partial charge in [0.15, 0.2) is 6.61 Å². The first-order valence-electron chi connectivity index (χ1n) is 7.10. The van der Waals surface area contributed by atoms with Crippen molar-refractivity contribution in [3.8, 4) is 5.75 Å². The first-order valence-corrected chi connectivity index (χ1v) is 7.48. The van der Waals surface area contributed by atoms with Gasteiger partial charge in [-0.25, -0.2) is 0 Å². The number of nitrogens with one attached hydrogen (secondary N) is 2. The molecule has 3 rings (SSSR count). The molecule has 1 aliphatic heterocycles. The molecule has 7 nitrogen and oxygen atoms in total. The predicted octanol–water partition coefficient (Wildman–Crippen LogP) is 1.21. The summed E-state index contributed by atoms with van der Waals surface area (Å²) in [5.41, 5.74) is 1.23. The smallest absolute Gasteiger partial charge is 0.269 e. The minimum Gasteiger partial charge on any atom is -0.483 e. The van der Waals surface area contributed by atoms with Crippen molar-refractivity contribution in [1.29, 1.82) is 0 Å². The van der Waals surface area contributed by atoms with Gasteiger partial charge in [-0.2, -0.15) is 5.10 Å². The molecule has 0 spiro atoms. The van der Waals surface area contributed by atoms with Crippen molar-refractivity contribution in [2.24, 2.45) is 0 Å². The summed E-state index contributed by atoms with van der Waals surface area (Å²) in [5.74, 6) is 0.268. The van der Waals surface area contributed by atoms with Crippen LogP contribution >= 0.6 is 11.6 Å². The number of ether oxygens (including phenoxy) is 1. The molecule has 0 saturated carbocycles. The van der Waals surface area contributed by atoms with E-state index < -0.39 is 0 Å². The fraction of sp³-hybridized carbons (Fsp3) is 0.267. The lowest BCUT2D eigenvalue weighted by Crippen LogP contribution is -2.39. The molecule has 0 aliphatic carbocycles. The Labute approximate surface area is 137 Å². The number of hydrogen-bond acceptors (Lipinski definition) is 4. The summed E-state index contributed by atoms with van der Waals surface area (Å²) in [6.07, 6.45) is 1.51. The van der Waals surface area contributed by atoms with Crippen molar-refractivity contribution >= 4 is 23.4 Å². The summed E-state index contributed by atoms with van der Waals surface area (Å²) in [6, 6.07) is 6.85. The molecule has 0 bridgehead atoms. The molecule has 0 atom stereocenters. The summed E-state index contributed by atoms with van der Waals surface area (Å²) in [4.78, 5) is 25.6. The Balaban J connectivity index is 1.60. The zero-order chi connectivity index (χ0) is 16.2. The van der Waals surface area contributed by atoms with Gasteiger partial charge >= 0.3 is 0 Å². The number of aromatic amines is 1. The van der Waals surface area contributed by atoms with Crippen LogP contribution in [0, 0.1) is 0 Å². The number of halogens is 1. The first kappa shape index (κ1) is 15.4. The van der Waals surface area contributed by atoms with Crippen molar-refractivity contribution in [3.05, 3.63) is 46.7 Å². The molecule has 2 amide bonds. The van der Waals surface area contributed by atoms with Crippen molar-refractivity contribution < 1.29 is 14.3 Å². The summed E-state index contributed by atoms with van der Waals surface area (Å²) in [7, 11) is 0. The number of hydrogen-bond donors (Lipinski definition) is 2. The van der Waals surface area contributed by atoms with Gasteiger partial charge in [-0.3, -0.25) is 14.7 Å². The van der Waals surface area contributed by atoms with E-state index in [1.807, 2.05) is 0 Å². The van der Waals surface area contributed by atoms with Crippen LogP contribution in [0.2, 0.25) is 5.02 Å². The van der Waals surface area contributed by atoms with E-state index in [-0.39, 0.29) is 18.4 Å². The van der Waals surface area contributed by atoms with Gasteiger partial charge in [0.2, 0.25) is 0 Å². The molecule has 2 aromatic rings. The van der Waals surface area contributed by atoms with E-state index in [9.17, 15) is 9.59 Å². The zero-order valence-corrected chi connectivity index (χ0v) is 13.0. The second-order valence-corrected chi connectivity index (χ2v) is 5.52. The van der Waals surface area contributed by atoms with E-state index in [0.29, 0.717) is 36.1 Å². The lowest BCUT2D eigenvalue weighted by Gasteiger charge is -2.20. The van der Waals surface area contributed by atoms with Gasteiger partial charge in [-0.1, -0.05) is 11.6 Å². The molecule has 0 saturated heterocycles. The molecule has 8 heteroatoms. The largest absolute Gasteiger partial charge is 0.483 e. The van der Waals surface area contributed by atoms with Crippen molar-refractivity contribution in [2.45, 2.75) is 6.54 Å². The van der Waals surface area contributed by atoms with Gasteiger partial charge in [0.1, 0.15) is 11.4 Å². The topological polar surface area (TPSA) is 87.3 Å². The van der Waals surface area contributed by atoms with Crippen LogP contribution in [0.5, 0.6) is 5.75 Å². The third kappa shape index (κ3) is 3.62. The average Bonchev–Trinajstić information content (AvgIpc) is 3.02. The second-order valence-electron chi connectivity index (χ2n) is 5.08. The van der Waals surface area contributed by atoms with Crippen LogP contribution in [-0.4, -0.2) is 46.6 Å². The highest BCUT2D eigenvalue weighted by atomic mass is 35.5. The monoisotopic (exact) mass is 334 g/mol. The van der Waals surface area contributed by atoms with E-state index >= 15 is 0 Å². The van der Waals surface area contributed by atoms with Crippen molar-refractivity contribution in [1.82, 2.24) is 20.4 Å². The maximum absolute atomic E-state index is 12.1. The van der Waals surface area contributed by atoms with E-state index in [2.05, 4.69) is 15.5 Å². The maximum Gasteiger partial charge on any atom is 0.269 e. The Morgan fingerprint density at radius 1 is 1.43 bits per heavy atom. The fourth-order valence-corrected chi connectivity index (χ4v) is 2.52. The molecule has 2 heterocycles. The SMILES string of the molecule is O=C(NCCN1Cc2cc(Cl)ccc2OCC1=O)c1ccn[nH]1. The molecule has 0 fully saturated rings. The van der Waals surface area contributed by atoms with Crippen LogP contribution in [0.25, 0.3) is 0 Å². The summed E-state index contributed by atoms with van der Waals surface area (Å²) < 4.78 is 5.48. The predicted molar refractivity (Wildman–Crippen MR) is 83.3 cm³/mol. The highest BCUT2D eigenvalue weighted by molar-refractivity contribution is 6.30. The molecular formula is C15H15ClN4O3. The van der Waals surface area contributed by atoms with Crippen LogP contribution in [0.3, 0.4) is 0 Å². The number of carbonyl (C=O) groups excluding carboxylic acids is 2. The van der Waals surface area contributed by atoms with Gasteiger partial charge in [0, 0.05) is 36.4 Å². The van der Waals surface area contributed by atoms with E-state index in [4.69, 9.17) is 16.3 Å². The number of carbonyl (C=O) groups is 2. The summed E-state index contributed by atoms with van der Waals surface area (Å²) in [6.45, 7) is 1.09. The number of H-pyrrole nitrogens is 1. The van der Waals surface area contributed by atoms with Gasteiger partial charge in [0.05, 0.1) is 0 Å². The van der Waals surface area contributed by atoms with Crippen molar-refractivity contribution in [2.75, 3.05) is 19.7 Å². The van der Waals surface area contributed by atoms with Crippen LogP contribution < -0.4 is 10.1 Å². The Bertz CT molecular complexity index is 718. The van der Waals surface area contributed by atoms with Crippen LogP contribution in [0.1, 0.15) is 16.1 Å². The Morgan fingerprint density at radius 2 is 2.30 bits per heavy atom. The quantitative estimate of drug-likeness (QED) is 0.880. The molecule has 0 radical (unpaired) electrons. The molecule has 1 aromatic carbocycles. The zero-order valence-electron chi connectivity index (χ0n) is 12.2. The molecule has 120 valence electrons. The number of fused-ring (bicyclic) bond motifs is 1. The molecule has 1 aliphatic rings. The number of amides is 2. The Hall–Kier alpha value is -2.54. The highest BCUT2D eigenvalue weighted by Crippen LogP contribution is 2.26. The number of rotatable bonds is 4. The highest BCUT2D eigenvalue weighted by Gasteiger charge is 2.21. The average molecular weight is 335 g/mol. The third-order valence-electron chi connectivity index (χ3n) is 3.50. The standard InChI is InChI=1S/C15H15ClN4O3/c16-11-1-2-13-10(7-11)8-20(14(21)9-23-13)6-5-17-15(22)12-3-4-18-19-12/h1-4,7H,5-6,8-9H2,(H,17,22)(H,18,19). The van der Waals surface area contributed by atoms with Crippen LogP contribution in [0.15, 0.2) is 30.5 Å². The van der Waals surface area contributed by atoms with Gasteiger partial charge in [-0.05, 0) is 24.3 Å². The van der Waals surface area contributed by atoms with Gasteiger partial charge in [-0.15, -0.1) is 0 Å². The van der Waals surface area contributed by atoms with Crippen LogP contribution in [0.4, 0.5) is 0 Å². The maximum atomic E-state index is 12.1.